The van der Waals surface area contributed by atoms with Crippen LogP contribution in [0.5, 0.6) is 0 Å². The maximum absolute atomic E-state index is 13.2. The van der Waals surface area contributed by atoms with Crippen molar-refractivity contribution in [2.75, 3.05) is 30.8 Å². The molecule has 5 nitrogen and oxygen atoms in total. The molecule has 0 aliphatic carbocycles. The zero-order chi connectivity index (χ0) is 20.3. The molecule has 1 unspecified atom stereocenters. The Bertz CT molecular complexity index is 833. The fraction of sp³-hybridized carbons (Fsp3) is 0.444. The SMILES string of the molecule is CSNCc1cnc(-c2ccc(Cl)c(C(F)(F)F)c2)nc1N1CCC(CN)C1. The summed E-state index contributed by atoms with van der Waals surface area (Å²) in [5.41, 5.74) is 6.06. The number of nitrogens with two attached hydrogens (primary N) is 1. The molecule has 1 aliphatic heterocycles. The van der Waals surface area contributed by atoms with Gasteiger partial charge in [0.05, 0.1) is 10.6 Å². The highest BCUT2D eigenvalue weighted by atomic mass is 35.5. The van der Waals surface area contributed by atoms with Gasteiger partial charge in [0, 0.05) is 37.0 Å². The number of rotatable bonds is 6. The van der Waals surface area contributed by atoms with E-state index in [2.05, 4.69) is 19.6 Å². The number of aromatic nitrogens is 2. The topological polar surface area (TPSA) is 67.1 Å². The Balaban J connectivity index is 2.00. The van der Waals surface area contributed by atoms with Gasteiger partial charge >= 0.3 is 6.18 Å². The van der Waals surface area contributed by atoms with Crippen molar-refractivity contribution >= 4 is 29.4 Å². The molecule has 1 aliphatic rings. The van der Waals surface area contributed by atoms with Crippen LogP contribution in [0.3, 0.4) is 0 Å². The minimum Gasteiger partial charge on any atom is -0.356 e. The van der Waals surface area contributed by atoms with Crippen molar-refractivity contribution in [2.45, 2.75) is 19.1 Å². The molecule has 1 aromatic heterocycles. The summed E-state index contributed by atoms with van der Waals surface area (Å²) in [6.07, 6.45) is 0.00590. The van der Waals surface area contributed by atoms with Gasteiger partial charge < -0.3 is 10.6 Å². The number of hydrogen-bond acceptors (Lipinski definition) is 6. The third-order valence-electron chi connectivity index (χ3n) is 4.70. The van der Waals surface area contributed by atoms with E-state index in [1.54, 1.807) is 6.20 Å². The van der Waals surface area contributed by atoms with Crippen molar-refractivity contribution in [2.24, 2.45) is 11.7 Å². The first-order chi connectivity index (χ1) is 13.3. The predicted octanol–water partition coefficient (Wildman–Crippen LogP) is 3.97. The largest absolute Gasteiger partial charge is 0.417 e. The normalized spacial score (nSPS) is 17.4. The van der Waals surface area contributed by atoms with Crippen molar-refractivity contribution < 1.29 is 13.2 Å². The van der Waals surface area contributed by atoms with Crippen LogP contribution < -0.4 is 15.4 Å². The number of alkyl halides is 3. The molecule has 1 aromatic carbocycles. The molecule has 152 valence electrons. The van der Waals surface area contributed by atoms with Crippen molar-refractivity contribution in [1.82, 2.24) is 14.7 Å². The van der Waals surface area contributed by atoms with Gasteiger partial charge in [0.15, 0.2) is 5.82 Å². The monoisotopic (exact) mass is 431 g/mol. The van der Waals surface area contributed by atoms with Crippen LogP contribution >= 0.6 is 23.5 Å². The molecule has 0 spiro atoms. The maximum atomic E-state index is 13.2. The summed E-state index contributed by atoms with van der Waals surface area (Å²) in [7, 11) is 0. The Labute approximate surface area is 171 Å². The van der Waals surface area contributed by atoms with Crippen LogP contribution in [-0.2, 0) is 12.7 Å². The van der Waals surface area contributed by atoms with Crippen LogP contribution in [0.2, 0.25) is 5.02 Å². The summed E-state index contributed by atoms with van der Waals surface area (Å²) in [5.74, 6) is 1.35. The summed E-state index contributed by atoms with van der Waals surface area (Å²) >= 11 is 7.20. The molecule has 3 rings (SSSR count). The van der Waals surface area contributed by atoms with Crippen molar-refractivity contribution in [3.8, 4) is 11.4 Å². The number of halogens is 4. The summed E-state index contributed by atoms with van der Waals surface area (Å²) in [5, 5.41) is -0.345. The zero-order valence-corrected chi connectivity index (χ0v) is 16.8. The second kappa shape index (κ2) is 8.86. The zero-order valence-electron chi connectivity index (χ0n) is 15.3. The summed E-state index contributed by atoms with van der Waals surface area (Å²) < 4.78 is 42.8. The van der Waals surface area contributed by atoms with Gasteiger partial charge in [0.1, 0.15) is 5.82 Å². The Morgan fingerprint density at radius 3 is 2.82 bits per heavy atom. The number of hydrogen-bond donors (Lipinski definition) is 2. The average molecular weight is 432 g/mol. The van der Waals surface area contributed by atoms with Gasteiger partial charge in [-0.15, -0.1) is 0 Å². The number of anilines is 1. The molecule has 1 saturated heterocycles. The molecule has 28 heavy (non-hydrogen) atoms. The molecule has 3 N–H and O–H groups in total. The van der Waals surface area contributed by atoms with Gasteiger partial charge in [0.25, 0.3) is 0 Å². The van der Waals surface area contributed by atoms with Crippen molar-refractivity contribution in [1.29, 1.82) is 0 Å². The second-order valence-electron chi connectivity index (χ2n) is 6.60. The van der Waals surface area contributed by atoms with E-state index in [0.29, 0.717) is 19.0 Å². The molecule has 0 radical (unpaired) electrons. The smallest absolute Gasteiger partial charge is 0.356 e. The third kappa shape index (κ3) is 4.71. The molecule has 1 fully saturated rings. The molecule has 10 heteroatoms. The fourth-order valence-electron chi connectivity index (χ4n) is 3.18. The lowest BCUT2D eigenvalue weighted by Crippen LogP contribution is -2.25. The minimum absolute atomic E-state index is 0.237. The van der Waals surface area contributed by atoms with Crippen LogP contribution in [-0.4, -0.2) is 35.9 Å². The first-order valence-electron chi connectivity index (χ1n) is 8.77. The van der Waals surface area contributed by atoms with Crippen LogP contribution in [0.25, 0.3) is 11.4 Å². The summed E-state index contributed by atoms with van der Waals surface area (Å²) in [6.45, 7) is 2.72. The van der Waals surface area contributed by atoms with Crippen LogP contribution in [0, 0.1) is 5.92 Å². The molecule has 0 saturated carbocycles. The first kappa shape index (κ1) is 21.2. The van der Waals surface area contributed by atoms with Gasteiger partial charge in [-0.1, -0.05) is 23.5 Å². The lowest BCUT2D eigenvalue weighted by atomic mass is 10.1. The maximum Gasteiger partial charge on any atom is 0.417 e. The summed E-state index contributed by atoms with van der Waals surface area (Å²) in [6, 6.07) is 3.73. The molecule has 2 aromatic rings. The molecule has 1 atom stereocenters. The van der Waals surface area contributed by atoms with Gasteiger partial charge in [-0.05, 0) is 43.3 Å². The Hall–Kier alpha value is -1.55. The van der Waals surface area contributed by atoms with E-state index in [1.807, 2.05) is 6.26 Å². The van der Waals surface area contributed by atoms with Gasteiger partial charge in [-0.25, -0.2) is 9.97 Å². The van der Waals surface area contributed by atoms with E-state index in [0.717, 1.165) is 37.0 Å². The van der Waals surface area contributed by atoms with Crippen molar-refractivity contribution in [3.05, 3.63) is 40.5 Å². The Morgan fingerprint density at radius 1 is 1.39 bits per heavy atom. The highest BCUT2D eigenvalue weighted by Gasteiger charge is 2.33. The minimum atomic E-state index is -4.54. The van der Waals surface area contributed by atoms with E-state index in [4.69, 9.17) is 17.3 Å². The second-order valence-corrected chi connectivity index (χ2v) is 7.70. The molecular formula is C18H21ClF3N5S. The quantitative estimate of drug-likeness (QED) is 0.675. The van der Waals surface area contributed by atoms with Crippen LogP contribution in [0.4, 0.5) is 19.0 Å². The van der Waals surface area contributed by atoms with E-state index >= 15 is 0 Å². The molecule has 0 amide bonds. The van der Waals surface area contributed by atoms with Crippen LogP contribution in [0.1, 0.15) is 17.5 Å². The number of benzene rings is 1. The van der Waals surface area contributed by atoms with E-state index in [-0.39, 0.29) is 16.4 Å². The Morgan fingerprint density at radius 2 is 2.18 bits per heavy atom. The Kier molecular flexibility index (Phi) is 6.69. The third-order valence-corrected chi connectivity index (χ3v) is 5.46. The fourth-order valence-corrected chi connectivity index (χ4v) is 3.71. The van der Waals surface area contributed by atoms with Gasteiger partial charge in [-0.3, -0.25) is 4.72 Å². The van der Waals surface area contributed by atoms with E-state index in [9.17, 15) is 13.2 Å². The number of nitrogens with zero attached hydrogens (tertiary/aromatic N) is 3. The summed E-state index contributed by atoms with van der Waals surface area (Å²) in [4.78, 5) is 11.0. The number of nitrogens with one attached hydrogen (secondary N) is 1. The molecular weight excluding hydrogens is 411 g/mol. The lowest BCUT2D eigenvalue weighted by Gasteiger charge is -2.21. The first-order valence-corrected chi connectivity index (χ1v) is 10.4. The van der Waals surface area contributed by atoms with Crippen molar-refractivity contribution in [3.63, 3.8) is 0 Å². The standard InChI is InChI=1S/C18H21ClF3N5S/c1-28-25-9-13-8-24-16(26-17(13)27-5-4-11(7-23)10-27)12-2-3-15(19)14(6-12)18(20,21)22/h2-3,6,8,11,25H,4-5,7,9-10,23H2,1H3. The van der Waals surface area contributed by atoms with E-state index < -0.39 is 11.7 Å². The predicted molar refractivity (Wildman–Crippen MR) is 107 cm³/mol. The highest BCUT2D eigenvalue weighted by molar-refractivity contribution is 7.96. The molecule has 0 bridgehead atoms. The van der Waals surface area contributed by atoms with Gasteiger partial charge in [0.2, 0.25) is 0 Å². The molecule has 2 heterocycles. The van der Waals surface area contributed by atoms with E-state index in [1.165, 1.54) is 24.1 Å². The average Bonchev–Trinajstić information content (AvgIpc) is 3.15. The lowest BCUT2D eigenvalue weighted by molar-refractivity contribution is -0.137. The van der Waals surface area contributed by atoms with Gasteiger partial charge in [-0.2, -0.15) is 13.2 Å². The van der Waals surface area contributed by atoms with Crippen LogP contribution in [0.15, 0.2) is 24.4 Å². The highest BCUT2D eigenvalue weighted by Crippen LogP contribution is 2.37.